The van der Waals surface area contributed by atoms with E-state index in [1.54, 1.807) is 4.52 Å². The Kier molecular flexibility index (Phi) is 3.95. The lowest BCUT2D eigenvalue weighted by atomic mass is 10.0. The first kappa shape index (κ1) is 15.7. The van der Waals surface area contributed by atoms with Crippen molar-refractivity contribution in [2.45, 2.75) is 39.5 Å². The fourth-order valence-electron chi connectivity index (χ4n) is 3.68. The molecule has 0 aliphatic carbocycles. The number of hydrogen-bond donors (Lipinski definition) is 0. The predicted molar refractivity (Wildman–Crippen MR) is 95.7 cm³/mol. The molecule has 25 heavy (non-hydrogen) atoms. The molecule has 128 valence electrons. The Balaban J connectivity index is 1.55. The van der Waals surface area contributed by atoms with Crippen LogP contribution in [0.5, 0.6) is 0 Å². The summed E-state index contributed by atoms with van der Waals surface area (Å²) in [5.74, 6) is 0.777. The van der Waals surface area contributed by atoms with Crippen LogP contribution in [0.4, 0.5) is 5.69 Å². The number of rotatable bonds is 3. The lowest BCUT2D eigenvalue weighted by Crippen LogP contribution is -2.35. The molecule has 0 unspecified atom stereocenters. The normalized spacial score (nSPS) is 13.9. The molecule has 0 saturated carbocycles. The zero-order chi connectivity index (χ0) is 17.4. The molecule has 0 fully saturated rings. The first-order valence-electron chi connectivity index (χ1n) is 8.69. The molecule has 3 aromatic rings. The Bertz CT molecular complexity index is 946. The summed E-state index contributed by atoms with van der Waals surface area (Å²) >= 11 is 0. The smallest absolute Gasteiger partial charge is 0.252 e. The third kappa shape index (κ3) is 2.77. The lowest BCUT2D eigenvalue weighted by molar-refractivity contribution is -0.118. The minimum Gasteiger partial charge on any atom is -0.312 e. The van der Waals surface area contributed by atoms with Crippen molar-refractivity contribution in [2.75, 3.05) is 11.4 Å². The molecular weight excluding hydrogens is 314 g/mol. The average Bonchev–Trinajstić information content (AvgIpc) is 3.09. The second-order valence-corrected chi connectivity index (χ2v) is 6.51. The summed E-state index contributed by atoms with van der Waals surface area (Å²) < 4.78 is 1.74. The molecule has 1 aliphatic rings. The molecule has 0 radical (unpaired) electrons. The maximum atomic E-state index is 12.8. The quantitative estimate of drug-likeness (QED) is 0.738. The van der Waals surface area contributed by atoms with Crippen molar-refractivity contribution in [3.63, 3.8) is 0 Å². The second kappa shape index (κ2) is 6.27. The van der Waals surface area contributed by atoms with E-state index in [-0.39, 0.29) is 5.91 Å². The van der Waals surface area contributed by atoms with Crippen LogP contribution in [-0.2, 0) is 17.6 Å². The molecule has 1 aliphatic heterocycles. The van der Waals surface area contributed by atoms with Crippen LogP contribution in [0.15, 0.2) is 30.6 Å². The summed E-state index contributed by atoms with van der Waals surface area (Å²) in [6.45, 7) is 4.78. The van der Waals surface area contributed by atoms with Gasteiger partial charge in [0.1, 0.15) is 6.33 Å². The maximum Gasteiger partial charge on any atom is 0.252 e. The highest BCUT2D eigenvalue weighted by atomic mass is 16.2. The third-order valence-electron chi connectivity index (χ3n) is 4.99. The molecule has 1 amide bonds. The molecule has 6 nitrogen and oxygen atoms in total. The number of para-hydroxylation sites is 1. The molecule has 2 aromatic heterocycles. The van der Waals surface area contributed by atoms with Gasteiger partial charge in [-0.2, -0.15) is 10.1 Å². The van der Waals surface area contributed by atoms with Gasteiger partial charge in [0.25, 0.3) is 5.78 Å². The summed E-state index contributed by atoms with van der Waals surface area (Å²) in [5.41, 5.74) is 5.34. The van der Waals surface area contributed by atoms with Crippen LogP contribution in [0.25, 0.3) is 5.78 Å². The van der Waals surface area contributed by atoms with Gasteiger partial charge in [-0.3, -0.25) is 4.79 Å². The van der Waals surface area contributed by atoms with Crippen LogP contribution >= 0.6 is 0 Å². The minimum atomic E-state index is 0.171. The highest BCUT2D eigenvalue weighted by molar-refractivity contribution is 5.94. The Labute approximate surface area is 146 Å². The molecule has 0 N–H and O–H groups in total. The van der Waals surface area contributed by atoms with Crippen molar-refractivity contribution in [3.8, 4) is 0 Å². The summed E-state index contributed by atoms with van der Waals surface area (Å²) in [7, 11) is 0. The predicted octanol–water partition coefficient (Wildman–Crippen LogP) is 2.65. The van der Waals surface area contributed by atoms with E-state index < -0.39 is 0 Å². The Morgan fingerprint density at radius 2 is 2.08 bits per heavy atom. The number of aryl methyl sites for hydroxylation is 3. The van der Waals surface area contributed by atoms with Crippen LogP contribution in [0, 0.1) is 13.8 Å². The molecular formula is C19H21N5O. The molecule has 0 bridgehead atoms. The molecule has 0 spiro atoms. The molecule has 3 heterocycles. The van der Waals surface area contributed by atoms with Crippen molar-refractivity contribution in [1.29, 1.82) is 0 Å². The molecule has 4 rings (SSSR count). The van der Waals surface area contributed by atoms with Crippen LogP contribution < -0.4 is 4.90 Å². The zero-order valence-corrected chi connectivity index (χ0v) is 14.6. The van der Waals surface area contributed by atoms with E-state index in [0.717, 1.165) is 42.0 Å². The van der Waals surface area contributed by atoms with Gasteiger partial charge in [-0.05, 0) is 50.3 Å². The minimum absolute atomic E-state index is 0.171. The van der Waals surface area contributed by atoms with Crippen molar-refractivity contribution < 1.29 is 4.79 Å². The van der Waals surface area contributed by atoms with Gasteiger partial charge in [0.15, 0.2) is 0 Å². The van der Waals surface area contributed by atoms with Gasteiger partial charge in [-0.1, -0.05) is 18.2 Å². The van der Waals surface area contributed by atoms with Gasteiger partial charge in [0.05, 0.1) is 0 Å². The molecule has 1 aromatic carbocycles. The Morgan fingerprint density at radius 3 is 2.96 bits per heavy atom. The highest BCUT2D eigenvalue weighted by Crippen LogP contribution is 2.27. The van der Waals surface area contributed by atoms with Crippen LogP contribution in [0.1, 0.15) is 35.4 Å². The van der Waals surface area contributed by atoms with E-state index in [0.29, 0.717) is 18.6 Å². The van der Waals surface area contributed by atoms with Gasteiger partial charge in [0, 0.05) is 30.0 Å². The van der Waals surface area contributed by atoms with E-state index in [2.05, 4.69) is 21.1 Å². The van der Waals surface area contributed by atoms with Crippen LogP contribution in [-0.4, -0.2) is 32.0 Å². The van der Waals surface area contributed by atoms with Gasteiger partial charge < -0.3 is 4.90 Å². The Hall–Kier alpha value is -2.76. The van der Waals surface area contributed by atoms with E-state index in [1.165, 1.54) is 11.9 Å². The van der Waals surface area contributed by atoms with Gasteiger partial charge in [0.2, 0.25) is 5.91 Å². The number of carbonyl (C=O) groups excluding carboxylic acids is 1. The first-order chi connectivity index (χ1) is 12.1. The fourth-order valence-corrected chi connectivity index (χ4v) is 3.68. The number of carbonyl (C=O) groups is 1. The van der Waals surface area contributed by atoms with Crippen molar-refractivity contribution in [1.82, 2.24) is 19.6 Å². The lowest BCUT2D eigenvalue weighted by Gasteiger charge is -2.29. The maximum absolute atomic E-state index is 12.8. The van der Waals surface area contributed by atoms with Crippen LogP contribution in [0.3, 0.4) is 0 Å². The third-order valence-corrected chi connectivity index (χ3v) is 4.99. The van der Waals surface area contributed by atoms with Crippen molar-refractivity contribution in [2.24, 2.45) is 0 Å². The van der Waals surface area contributed by atoms with E-state index in [1.807, 2.05) is 36.9 Å². The zero-order valence-electron chi connectivity index (χ0n) is 14.6. The van der Waals surface area contributed by atoms with Gasteiger partial charge in [-0.25, -0.2) is 9.50 Å². The number of aromatic nitrogens is 4. The van der Waals surface area contributed by atoms with Crippen LogP contribution in [0.2, 0.25) is 0 Å². The fraction of sp³-hybridized carbons (Fsp3) is 0.368. The number of amides is 1. The number of hydrogen-bond acceptors (Lipinski definition) is 4. The standard InChI is InChI=1S/C19H21N5O/c1-13-16(14(2)24-19(22-13)20-12-21-24)9-10-18(25)23-11-5-7-15-6-3-4-8-17(15)23/h3-4,6,8,12H,5,7,9-11H2,1-2H3. The number of nitrogens with zero attached hydrogens (tertiary/aromatic N) is 5. The summed E-state index contributed by atoms with van der Waals surface area (Å²) in [6.07, 6.45) is 4.71. The van der Waals surface area contributed by atoms with Gasteiger partial charge in [-0.15, -0.1) is 0 Å². The first-order valence-corrected chi connectivity index (χ1v) is 8.69. The molecule has 6 heteroatoms. The summed E-state index contributed by atoms with van der Waals surface area (Å²) in [6, 6.07) is 8.21. The van der Waals surface area contributed by atoms with E-state index in [9.17, 15) is 4.79 Å². The van der Waals surface area contributed by atoms with E-state index >= 15 is 0 Å². The largest absolute Gasteiger partial charge is 0.312 e. The average molecular weight is 335 g/mol. The molecule has 0 atom stereocenters. The second-order valence-electron chi connectivity index (χ2n) is 6.51. The van der Waals surface area contributed by atoms with Crippen molar-refractivity contribution >= 4 is 17.4 Å². The van der Waals surface area contributed by atoms with E-state index in [4.69, 9.17) is 0 Å². The number of fused-ring (bicyclic) bond motifs is 2. The Morgan fingerprint density at radius 1 is 1.24 bits per heavy atom. The highest BCUT2D eigenvalue weighted by Gasteiger charge is 2.22. The monoisotopic (exact) mass is 335 g/mol. The number of anilines is 1. The number of benzene rings is 1. The van der Waals surface area contributed by atoms with Crippen molar-refractivity contribution in [3.05, 3.63) is 53.1 Å². The van der Waals surface area contributed by atoms with Gasteiger partial charge >= 0.3 is 0 Å². The SMILES string of the molecule is Cc1nc2ncnn2c(C)c1CCC(=O)N1CCCc2ccccc21. The summed E-state index contributed by atoms with van der Waals surface area (Å²) in [4.78, 5) is 23.4. The summed E-state index contributed by atoms with van der Waals surface area (Å²) in [5, 5.41) is 4.21. The topological polar surface area (TPSA) is 63.4 Å². The molecule has 0 saturated heterocycles.